The summed E-state index contributed by atoms with van der Waals surface area (Å²) in [6.07, 6.45) is 5.60. The van der Waals surface area contributed by atoms with Crippen molar-refractivity contribution in [2.24, 2.45) is 5.92 Å². The highest BCUT2D eigenvalue weighted by molar-refractivity contribution is 5.97. The average Bonchev–Trinajstić information content (AvgIpc) is 3.50. The Bertz CT molecular complexity index is 1380. The molecule has 1 aliphatic carbocycles. The van der Waals surface area contributed by atoms with Crippen molar-refractivity contribution in [1.82, 2.24) is 25.2 Å². The van der Waals surface area contributed by atoms with Crippen molar-refractivity contribution in [1.29, 1.82) is 0 Å². The lowest BCUT2D eigenvalue weighted by molar-refractivity contribution is 0.0480. The lowest BCUT2D eigenvalue weighted by Gasteiger charge is -2.27. The molecule has 2 aliphatic rings. The fraction of sp³-hybridized carbons (Fsp3) is 0.533. The van der Waals surface area contributed by atoms with Crippen molar-refractivity contribution in [2.45, 2.75) is 71.2 Å². The molecule has 2 N–H and O–H groups in total. The third-order valence-electron chi connectivity index (χ3n) is 7.64. The van der Waals surface area contributed by atoms with E-state index < -0.39 is 11.7 Å². The Labute approximate surface area is 235 Å². The number of pyridine rings is 2. The van der Waals surface area contributed by atoms with Gasteiger partial charge in [0.15, 0.2) is 0 Å². The predicted molar refractivity (Wildman–Crippen MR) is 154 cm³/mol. The summed E-state index contributed by atoms with van der Waals surface area (Å²) >= 11 is 0. The molecule has 0 unspecified atom stereocenters. The van der Waals surface area contributed by atoms with Gasteiger partial charge in [0, 0.05) is 62.2 Å². The van der Waals surface area contributed by atoms with Gasteiger partial charge in [-0.05, 0) is 70.7 Å². The minimum Gasteiger partial charge on any atom is -0.444 e. The molecule has 3 atom stereocenters. The first-order valence-electron chi connectivity index (χ1n) is 14.1. The zero-order valence-electron chi connectivity index (χ0n) is 24.1. The minimum atomic E-state index is -0.553. The van der Waals surface area contributed by atoms with Gasteiger partial charge in [-0.1, -0.05) is 6.07 Å². The van der Waals surface area contributed by atoms with E-state index in [0.717, 1.165) is 60.5 Å². The van der Waals surface area contributed by atoms with Crippen LogP contribution in [0.5, 0.6) is 0 Å². The summed E-state index contributed by atoms with van der Waals surface area (Å²) in [4.78, 5) is 37.1. The van der Waals surface area contributed by atoms with Crippen molar-refractivity contribution < 1.29 is 19.1 Å². The number of nitrogens with one attached hydrogen (secondary N) is 2. The van der Waals surface area contributed by atoms with E-state index in [1.807, 2.05) is 45.2 Å². The van der Waals surface area contributed by atoms with E-state index in [-0.39, 0.29) is 23.9 Å². The van der Waals surface area contributed by atoms with Gasteiger partial charge in [-0.25, -0.2) is 14.8 Å². The number of carbonyl (C=O) groups excluding carboxylic acids is 2. The molecular weight excluding hydrogens is 508 g/mol. The number of hydrogen-bond donors (Lipinski definition) is 2. The Morgan fingerprint density at radius 3 is 2.73 bits per heavy atom. The number of alkyl carbamates (subject to hydrolysis) is 1. The highest BCUT2D eigenvalue weighted by Crippen LogP contribution is 2.28. The SMILES string of the molecule is CCn1ccc2cc(C(=O)N[C@H]3CCc4nc(N5C[C@H](COC)[C@H](NC(=O)OC(C)(C)C)C5)ccc4C3)cnc21. The van der Waals surface area contributed by atoms with Crippen LogP contribution in [0.1, 0.15) is 55.7 Å². The lowest BCUT2D eigenvalue weighted by atomic mass is 9.91. The molecule has 0 radical (unpaired) electrons. The second-order valence-electron chi connectivity index (χ2n) is 11.8. The maximum Gasteiger partial charge on any atom is 0.407 e. The summed E-state index contributed by atoms with van der Waals surface area (Å²) in [5, 5.41) is 7.20. The van der Waals surface area contributed by atoms with E-state index in [1.54, 1.807) is 13.3 Å². The fourth-order valence-corrected chi connectivity index (χ4v) is 5.69. The molecule has 0 saturated carbocycles. The van der Waals surface area contributed by atoms with Crippen LogP contribution >= 0.6 is 0 Å². The van der Waals surface area contributed by atoms with Crippen molar-refractivity contribution in [3.05, 3.63) is 53.5 Å². The molecule has 40 heavy (non-hydrogen) atoms. The van der Waals surface area contributed by atoms with Gasteiger partial charge in [-0.15, -0.1) is 0 Å². The van der Waals surface area contributed by atoms with Crippen LogP contribution in [0.3, 0.4) is 0 Å². The van der Waals surface area contributed by atoms with Gasteiger partial charge < -0.3 is 29.6 Å². The zero-order valence-corrected chi connectivity index (χ0v) is 24.1. The first-order chi connectivity index (χ1) is 19.1. The molecule has 0 bridgehead atoms. The molecule has 214 valence electrons. The van der Waals surface area contributed by atoms with E-state index in [9.17, 15) is 9.59 Å². The number of nitrogens with zero attached hydrogens (tertiary/aromatic N) is 4. The second-order valence-corrected chi connectivity index (χ2v) is 11.8. The summed E-state index contributed by atoms with van der Waals surface area (Å²) in [5.74, 6) is 0.930. The molecule has 10 heteroatoms. The number of anilines is 1. The van der Waals surface area contributed by atoms with Crippen molar-refractivity contribution in [3.8, 4) is 0 Å². The third kappa shape index (κ3) is 6.22. The molecule has 5 rings (SSSR count). The van der Waals surface area contributed by atoms with Gasteiger partial charge in [-0.3, -0.25) is 4.79 Å². The summed E-state index contributed by atoms with van der Waals surface area (Å²) < 4.78 is 13.0. The van der Waals surface area contributed by atoms with Crippen LogP contribution in [-0.4, -0.2) is 71.0 Å². The third-order valence-corrected chi connectivity index (χ3v) is 7.64. The summed E-state index contributed by atoms with van der Waals surface area (Å²) in [6, 6.07) is 8.02. The molecule has 4 heterocycles. The van der Waals surface area contributed by atoms with Gasteiger partial charge in [0.2, 0.25) is 0 Å². The molecule has 3 aromatic heterocycles. The number of amides is 2. The topological polar surface area (TPSA) is 111 Å². The average molecular weight is 549 g/mol. The molecule has 1 fully saturated rings. The van der Waals surface area contributed by atoms with Crippen LogP contribution < -0.4 is 15.5 Å². The number of aromatic nitrogens is 3. The van der Waals surface area contributed by atoms with Crippen molar-refractivity contribution >= 4 is 28.9 Å². The van der Waals surface area contributed by atoms with Crippen molar-refractivity contribution in [2.75, 3.05) is 31.7 Å². The molecule has 1 saturated heterocycles. The standard InChI is InChI=1S/C30H40N6O4/c1-6-35-12-11-20-13-21(15-31-27(20)35)28(37)32-23-8-9-24-19(14-23)7-10-26(33-24)36-16-22(18-39-5)25(17-36)34-29(38)40-30(2,3)4/h7,10-13,15,22-23,25H,6,8-9,14,16-18H2,1-5H3,(H,32,37)(H,34,38)/t22-,23+,25-/m1/s1. The number of methoxy groups -OCH3 is 1. The maximum absolute atomic E-state index is 13.0. The second kappa shape index (κ2) is 11.4. The molecule has 0 aromatic carbocycles. The summed E-state index contributed by atoms with van der Waals surface area (Å²) in [7, 11) is 1.68. The monoisotopic (exact) mass is 548 g/mol. The van der Waals surface area contributed by atoms with Crippen LogP contribution in [0, 0.1) is 5.92 Å². The Morgan fingerprint density at radius 2 is 1.98 bits per heavy atom. The maximum atomic E-state index is 13.0. The first kappa shape index (κ1) is 27.9. The van der Waals surface area contributed by atoms with E-state index in [4.69, 9.17) is 14.5 Å². The highest BCUT2D eigenvalue weighted by Gasteiger charge is 2.36. The Hall–Kier alpha value is -3.66. The molecule has 10 nitrogen and oxygen atoms in total. The Morgan fingerprint density at radius 1 is 1.15 bits per heavy atom. The predicted octanol–water partition coefficient (Wildman–Crippen LogP) is 3.71. The minimum absolute atomic E-state index is 0.0452. The van der Waals surface area contributed by atoms with E-state index in [2.05, 4.69) is 38.1 Å². The zero-order chi connectivity index (χ0) is 28.4. The molecular formula is C30H40N6O4. The van der Waals surface area contributed by atoms with Gasteiger partial charge >= 0.3 is 6.09 Å². The van der Waals surface area contributed by atoms with Crippen LogP contribution in [-0.2, 0) is 28.9 Å². The largest absolute Gasteiger partial charge is 0.444 e. The quantitative estimate of drug-likeness (QED) is 0.463. The smallest absolute Gasteiger partial charge is 0.407 e. The number of aryl methyl sites for hydroxylation is 2. The Kier molecular flexibility index (Phi) is 7.98. The Balaban J connectivity index is 1.21. The van der Waals surface area contributed by atoms with Gasteiger partial charge in [-0.2, -0.15) is 0 Å². The van der Waals surface area contributed by atoms with Gasteiger partial charge in [0.1, 0.15) is 17.1 Å². The summed E-state index contributed by atoms with van der Waals surface area (Å²) in [5.41, 5.74) is 3.15. The molecule has 2 amide bonds. The van der Waals surface area contributed by atoms with E-state index in [1.165, 1.54) is 0 Å². The van der Waals surface area contributed by atoms with E-state index in [0.29, 0.717) is 18.7 Å². The number of rotatable bonds is 7. The van der Waals surface area contributed by atoms with Gasteiger partial charge in [0.05, 0.1) is 18.2 Å². The highest BCUT2D eigenvalue weighted by atomic mass is 16.6. The van der Waals surface area contributed by atoms with Crippen molar-refractivity contribution in [3.63, 3.8) is 0 Å². The normalized spacial score (nSPS) is 20.8. The lowest BCUT2D eigenvalue weighted by Crippen LogP contribution is -2.44. The van der Waals surface area contributed by atoms with Gasteiger partial charge in [0.25, 0.3) is 5.91 Å². The van der Waals surface area contributed by atoms with E-state index >= 15 is 0 Å². The molecule has 3 aromatic rings. The van der Waals surface area contributed by atoms with Crippen LogP contribution in [0.4, 0.5) is 10.6 Å². The van der Waals surface area contributed by atoms with Crippen LogP contribution in [0.2, 0.25) is 0 Å². The number of carbonyl (C=O) groups is 2. The van der Waals surface area contributed by atoms with Crippen LogP contribution in [0.15, 0.2) is 36.7 Å². The number of hydrogen-bond acceptors (Lipinski definition) is 7. The molecule has 0 spiro atoms. The summed E-state index contributed by atoms with van der Waals surface area (Å²) in [6.45, 7) is 10.4. The number of fused-ring (bicyclic) bond motifs is 2. The van der Waals surface area contributed by atoms with Crippen LogP contribution in [0.25, 0.3) is 11.0 Å². The fourth-order valence-electron chi connectivity index (χ4n) is 5.69. The molecule has 1 aliphatic heterocycles. The first-order valence-corrected chi connectivity index (χ1v) is 14.1. The number of ether oxygens (including phenoxy) is 2.